The first-order valence-electron chi connectivity index (χ1n) is 6.26. The van der Waals surface area contributed by atoms with Crippen LogP contribution in [-0.2, 0) is 28.6 Å². The molecule has 0 radical (unpaired) electrons. The quantitative estimate of drug-likeness (QED) is 0.468. The Bertz CT molecular complexity index is 305. The lowest BCUT2D eigenvalue weighted by molar-refractivity contribution is -0.153. The maximum absolute atomic E-state index is 11.6. The van der Waals surface area contributed by atoms with Gasteiger partial charge in [-0.1, -0.05) is 0 Å². The van der Waals surface area contributed by atoms with Crippen LogP contribution >= 0.6 is 0 Å². The van der Waals surface area contributed by atoms with Crippen molar-refractivity contribution in [3.63, 3.8) is 0 Å². The lowest BCUT2D eigenvalue weighted by Gasteiger charge is -2.15. The van der Waals surface area contributed by atoms with E-state index in [1.54, 1.807) is 20.8 Å². The molecule has 0 aromatic heterocycles. The number of ether oxygens (including phenoxy) is 3. The topological polar surface area (TPSA) is 90.9 Å². The van der Waals surface area contributed by atoms with Crippen LogP contribution in [0.25, 0.3) is 0 Å². The molecule has 1 N–H and O–H groups in total. The Hall–Kier alpha value is -1.63. The largest absolute Gasteiger partial charge is 0.466 e. The summed E-state index contributed by atoms with van der Waals surface area (Å²) in [6, 6.07) is -0.914. The normalized spacial score (nSPS) is 11.5. The van der Waals surface area contributed by atoms with Crippen LogP contribution in [0.15, 0.2) is 0 Å². The first-order valence-corrected chi connectivity index (χ1v) is 6.26. The van der Waals surface area contributed by atoms with Gasteiger partial charge < -0.3 is 14.2 Å². The van der Waals surface area contributed by atoms with E-state index in [0.29, 0.717) is 0 Å². The summed E-state index contributed by atoms with van der Waals surface area (Å²) >= 11 is 0. The van der Waals surface area contributed by atoms with Crippen LogP contribution in [0.5, 0.6) is 0 Å². The predicted octanol–water partition coefficient (Wildman–Crippen LogP) is 0.0240. The number of carbonyl (C=O) groups is 3. The van der Waals surface area contributed by atoms with Gasteiger partial charge >= 0.3 is 17.9 Å². The summed E-state index contributed by atoms with van der Waals surface area (Å²) in [5, 5.41) is 2.63. The summed E-state index contributed by atoms with van der Waals surface area (Å²) in [5.74, 6) is -1.63. The Balaban J connectivity index is 4.37. The van der Waals surface area contributed by atoms with E-state index in [9.17, 15) is 14.4 Å². The molecule has 0 aliphatic rings. The van der Waals surface area contributed by atoms with E-state index in [-0.39, 0.29) is 32.8 Å². The minimum atomic E-state index is -0.914. The van der Waals surface area contributed by atoms with Gasteiger partial charge in [0.15, 0.2) is 0 Å². The second-order valence-electron chi connectivity index (χ2n) is 3.50. The van der Waals surface area contributed by atoms with E-state index < -0.39 is 23.9 Å². The third kappa shape index (κ3) is 8.15. The minimum Gasteiger partial charge on any atom is -0.466 e. The molecule has 0 aromatic carbocycles. The highest BCUT2D eigenvalue weighted by Gasteiger charge is 2.24. The SMILES string of the molecule is CCOC(=O)CNC(CC(=O)OCC)C(=O)OCC. The van der Waals surface area contributed by atoms with E-state index >= 15 is 0 Å². The first kappa shape index (κ1) is 17.4. The standard InChI is InChI=1S/C12H21NO6/c1-4-17-10(14)7-9(12(16)19-6-3)13-8-11(15)18-5-2/h9,13H,4-8H2,1-3H3. The molecule has 0 fully saturated rings. The molecule has 0 saturated heterocycles. The summed E-state index contributed by atoms with van der Waals surface area (Å²) in [5.41, 5.74) is 0. The number of hydrogen-bond donors (Lipinski definition) is 1. The average molecular weight is 275 g/mol. The second-order valence-corrected chi connectivity index (χ2v) is 3.50. The molecule has 0 aliphatic heterocycles. The zero-order valence-corrected chi connectivity index (χ0v) is 11.6. The van der Waals surface area contributed by atoms with Gasteiger partial charge in [-0.15, -0.1) is 0 Å². The highest BCUT2D eigenvalue weighted by Crippen LogP contribution is 1.99. The van der Waals surface area contributed by atoms with Gasteiger partial charge in [-0.05, 0) is 20.8 Å². The molecule has 1 atom stereocenters. The number of rotatable bonds is 9. The van der Waals surface area contributed by atoms with Crippen LogP contribution < -0.4 is 5.32 Å². The first-order chi connectivity index (χ1) is 9.04. The van der Waals surface area contributed by atoms with Gasteiger partial charge in [-0.3, -0.25) is 19.7 Å². The van der Waals surface area contributed by atoms with Crippen LogP contribution in [0.4, 0.5) is 0 Å². The van der Waals surface area contributed by atoms with E-state index in [4.69, 9.17) is 14.2 Å². The van der Waals surface area contributed by atoms with Crippen LogP contribution in [0.2, 0.25) is 0 Å². The molecule has 110 valence electrons. The van der Waals surface area contributed by atoms with Crippen LogP contribution in [0.3, 0.4) is 0 Å². The van der Waals surface area contributed by atoms with Crippen LogP contribution in [0.1, 0.15) is 27.2 Å². The molecule has 0 bridgehead atoms. The number of hydrogen-bond acceptors (Lipinski definition) is 7. The van der Waals surface area contributed by atoms with E-state index in [1.165, 1.54) is 0 Å². The number of nitrogens with one attached hydrogen (secondary N) is 1. The summed E-state index contributed by atoms with van der Waals surface area (Å²) in [6.07, 6.45) is -0.188. The van der Waals surface area contributed by atoms with E-state index in [0.717, 1.165) is 0 Å². The third-order valence-electron chi connectivity index (χ3n) is 2.05. The molecule has 1 unspecified atom stereocenters. The maximum atomic E-state index is 11.6. The van der Waals surface area contributed by atoms with Crippen molar-refractivity contribution >= 4 is 17.9 Å². The molecule has 19 heavy (non-hydrogen) atoms. The van der Waals surface area contributed by atoms with Crippen molar-refractivity contribution in [2.45, 2.75) is 33.2 Å². The Morgan fingerprint density at radius 1 is 0.895 bits per heavy atom. The molecular weight excluding hydrogens is 254 g/mol. The summed E-state index contributed by atoms with van der Waals surface area (Å²) in [6.45, 7) is 5.51. The maximum Gasteiger partial charge on any atom is 0.323 e. The van der Waals surface area contributed by atoms with E-state index in [2.05, 4.69) is 5.32 Å². The van der Waals surface area contributed by atoms with Crippen molar-refractivity contribution in [1.82, 2.24) is 5.32 Å². The Morgan fingerprint density at radius 3 is 1.95 bits per heavy atom. The Labute approximate surface area is 112 Å². The molecule has 0 saturated carbocycles. The molecular formula is C12H21NO6. The lowest BCUT2D eigenvalue weighted by Crippen LogP contribution is -2.43. The molecule has 0 rings (SSSR count). The molecule has 0 aromatic rings. The average Bonchev–Trinajstić information content (AvgIpc) is 2.35. The number of carbonyl (C=O) groups excluding carboxylic acids is 3. The smallest absolute Gasteiger partial charge is 0.323 e. The third-order valence-corrected chi connectivity index (χ3v) is 2.05. The van der Waals surface area contributed by atoms with Gasteiger partial charge in [-0.25, -0.2) is 0 Å². The second kappa shape index (κ2) is 10.3. The molecule has 7 nitrogen and oxygen atoms in total. The molecule has 0 aliphatic carbocycles. The lowest BCUT2D eigenvalue weighted by atomic mass is 10.2. The molecule has 0 amide bonds. The Kier molecular flexibility index (Phi) is 9.42. The van der Waals surface area contributed by atoms with Crippen LogP contribution in [0, 0.1) is 0 Å². The zero-order chi connectivity index (χ0) is 14.7. The van der Waals surface area contributed by atoms with Gasteiger partial charge in [0.25, 0.3) is 0 Å². The van der Waals surface area contributed by atoms with Crippen molar-refractivity contribution < 1.29 is 28.6 Å². The summed E-state index contributed by atoms with van der Waals surface area (Å²) in [7, 11) is 0. The van der Waals surface area contributed by atoms with E-state index in [1.807, 2.05) is 0 Å². The van der Waals surface area contributed by atoms with Crippen LogP contribution in [-0.4, -0.2) is 50.3 Å². The highest BCUT2D eigenvalue weighted by molar-refractivity contribution is 5.83. The number of esters is 3. The molecule has 0 heterocycles. The monoisotopic (exact) mass is 275 g/mol. The zero-order valence-electron chi connectivity index (χ0n) is 11.6. The van der Waals surface area contributed by atoms with Crippen molar-refractivity contribution in [2.24, 2.45) is 0 Å². The minimum absolute atomic E-state index is 0.170. The fourth-order valence-corrected chi connectivity index (χ4v) is 1.29. The van der Waals surface area contributed by atoms with Gasteiger partial charge in [0.1, 0.15) is 6.04 Å². The van der Waals surface area contributed by atoms with Crippen molar-refractivity contribution in [3.8, 4) is 0 Å². The van der Waals surface area contributed by atoms with Gasteiger partial charge in [0, 0.05) is 0 Å². The van der Waals surface area contributed by atoms with Gasteiger partial charge in [0.2, 0.25) is 0 Å². The fourth-order valence-electron chi connectivity index (χ4n) is 1.29. The predicted molar refractivity (Wildman–Crippen MR) is 66.3 cm³/mol. The molecule has 0 spiro atoms. The van der Waals surface area contributed by atoms with Crippen molar-refractivity contribution in [1.29, 1.82) is 0 Å². The summed E-state index contributed by atoms with van der Waals surface area (Å²) in [4.78, 5) is 34.1. The highest BCUT2D eigenvalue weighted by atomic mass is 16.5. The van der Waals surface area contributed by atoms with Crippen molar-refractivity contribution in [2.75, 3.05) is 26.4 Å². The van der Waals surface area contributed by atoms with Gasteiger partial charge in [-0.2, -0.15) is 0 Å². The summed E-state index contributed by atoms with van der Waals surface area (Å²) < 4.78 is 14.3. The fraction of sp³-hybridized carbons (Fsp3) is 0.750. The van der Waals surface area contributed by atoms with Gasteiger partial charge in [0.05, 0.1) is 32.8 Å². The molecule has 7 heteroatoms. The van der Waals surface area contributed by atoms with Crippen molar-refractivity contribution in [3.05, 3.63) is 0 Å². The Morgan fingerprint density at radius 2 is 1.42 bits per heavy atom.